The number of tetrazole rings is 1. The standard InChI is InChI=1S/C14H19N7O9S4/c1-33(26,27)5-8(22)16-9-11(23)21-10(13(24)25)6(4-31-12(9)21)7(2-3-15-34(28,29)30)32-14-17-19-20-18-14/h7,9,12,15H,2-5H2,1H3,(H,16,22)(H,24,25)(H,28,29,30)(H,17,18,19,20)/t7?,9?,12-/m0/s1. The zero-order valence-corrected chi connectivity index (χ0v) is 20.5. The Balaban J connectivity index is 1.85. The second-order valence-corrected chi connectivity index (χ2v) is 12.9. The van der Waals surface area contributed by atoms with E-state index in [1.165, 1.54) is 0 Å². The van der Waals surface area contributed by atoms with Gasteiger partial charge in [-0.05, 0) is 22.4 Å². The van der Waals surface area contributed by atoms with E-state index in [4.69, 9.17) is 4.55 Å². The quantitative estimate of drug-likeness (QED) is 0.105. The number of aromatic nitrogens is 4. The average Bonchev–Trinajstić information content (AvgIpc) is 3.21. The predicted molar refractivity (Wildman–Crippen MR) is 117 cm³/mol. The number of carbonyl (C=O) groups excluding carboxylic acids is 2. The van der Waals surface area contributed by atoms with Crippen LogP contribution in [0.1, 0.15) is 6.42 Å². The summed E-state index contributed by atoms with van der Waals surface area (Å²) in [4.78, 5) is 37.8. The Morgan fingerprint density at radius 2 is 2.06 bits per heavy atom. The summed E-state index contributed by atoms with van der Waals surface area (Å²) in [6, 6.07) is -1.10. The largest absolute Gasteiger partial charge is 0.477 e. The van der Waals surface area contributed by atoms with Crippen LogP contribution in [0.15, 0.2) is 16.4 Å². The lowest BCUT2D eigenvalue weighted by atomic mass is 10.0. The van der Waals surface area contributed by atoms with Gasteiger partial charge in [0.2, 0.25) is 11.1 Å². The van der Waals surface area contributed by atoms with Gasteiger partial charge in [0.05, 0.1) is 0 Å². The molecule has 0 aliphatic carbocycles. The second-order valence-electron chi connectivity index (χ2n) is 7.18. The van der Waals surface area contributed by atoms with E-state index in [-0.39, 0.29) is 35.1 Å². The molecule has 16 nitrogen and oxygen atoms in total. The van der Waals surface area contributed by atoms with Gasteiger partial charge in [0.15, 0.2) is 9.84 Å². The Morgan fingerprint density at radius 3 is 2.62 bits per heavy atom. The van der Waals surface area contributed by atoms with Gasteiger partial charge in [0.1, 0.15) is 22.9 Å². The van der Waals surface area contributed by atoms with Crippen molar-refractivity contribution in [1.82, 2.24) is 35.6 Å². The first-order chi connectivity index (χ1) is 15.8. The summed E-state index contributed by atoms with van der Waals surface area (Å²) in [6.45, 7) is -0.249. The lowest BCUT2D eigenvalue weighted by molar-refractivity contribution is -0.150. The Hall–Kier alpha value is -2.26. The number of fused-ring (bicyclic) bond motifs is 1. The van der Waals surface area contributed by atoms with Crippen LogP contribution in [0.5, 0.6) is 0 Å². The van der Waals surface area contributed by atoms with E-state index in [2.05, 4.69) is 25.9 Å². The molecule has 2 unspecified atom stereocenters. The van der Waals surface area contributed by atoms with Gasteiger partial charge in [-0.3, -0.25) is 19.0 Å². The summed E-state index contributed by atoms with van der Waals surface area (Å²) in [6.07, 6.45) is 0.881. The molecule has 2 aliphatic heterocycles. The number of hydrogen-bond donors (Lipinski definition) is 5. The number of rotatable bonds is 11. The van der Waals surface area contributed by atoms with Crippen LogP contribution in [0.4, 0.5) is 0 Å². The molecule has 2 amide bonds. The van der Waals surface area contributed by atoms with Gasteiger partial charge in [-0.2, -0.15) is 13.1 Å². The lowest BCUT2D eigenvalue weighted by Crippen LogP contribution is -2.71. The molecule has 0 spiro atoms. The molecule has 1 aromatic heterocycles. The van der Waals surface area contributed by atoms with Crippen LogP contribution < -0.4 is 10.0 Å². The minimum atomic E-state index is -4.48. The molecule has 3 heterocycles. The second kappa shape index (κ2) is 10.2. The number of hydrogen-bond acceptors (Lipinski definition) is 12. The smallest absolute Gasteiger partial charge is 0.352 e. The third kappa shape index (κ3) is 6.44. The lowest BCUT2D eigenvalue weighted by Gasteiger charge is -2.50. The maximum Gasteiger partial charge on any atom is 0.352 e. The highest BCUT2D eigenvalue weighted by atomic mass is 32.2. The number of carboxylic acid groups (broad SMARTS) is 1. The number of aliphatic carboxylic acids is 1. The van der Waals surface area contributed by atoms with E-state index in [1.54, 1.807) is 0 Å². The maximum atomic E-state index is 12.7. The number of thioether (sulfide) groups is 2. The van der Waals surface area contributed by atoms with Gasteiger partial charge >= 0.3 is 16.3 Å². The topological polar surface area (TPSA) is 242 Å². The van der Waals surface area contributed by atoms with Crippen molar-refractivity contribution in [3.63, 3.8) is 0 Å². The number of H-pyrrole nitrogens is 1. The van der Waals surface area contributed by atoms with E-state index in [0.717, 1.165) is 34.7 Å². The van der Waals surface area contributed by atoms with Crippen LogP contribution in [0.25, 0.3) is 0 Å². The number of amides is 2. The Bertz CT molecular complexity index is 1220. The van der Waals surface area contributed by atoms with E-state index in [1.807, 2.05) is 4.72 Å². The molecule has 3 atom stereocenters. The fourth-order valence-electron chi connectivity index (χ4n) is 3.30. The number of aromatic amines is 1. The van der Waals surface area contributed by atoms with Crippen molar-refractivity contribution in [2.75, 3.05) is 24.3 Å². The summed E-state index contributed by atoms with van der Waals surface area (Å²) < 4.78 is 55.4. The first-order valence-electron chi connectivity index (χ1n) is 9.27. The van der Waals surface area contributed by atoms with Gasteiger partial charge in [-0.15, -0.1) is 16.9 Å². The van der Waals surface area contributed by atoms with Crippen LogP contribution in [-0.4, -0.2) is 111 Å². The van der Waals surface area contributed by atoms with Gasteiger partial charge in [0, 0.05) is 23.8 Å². The molecule has 0 aromatic carbocycles. The highest BCUT2D eigenvalue weighted by molar-refractivity contribution is 8.01. The number of carbonyl (C=O) groups is 3. The van der Waals surface area contributed by atoms with Gasteiger partial charge in [0.25, 0.3) is 5.91 Å². The molecule has 3 rings (SSSR count). The Morgan fingerprint density at radius 1 is 1.35 bits per heavy atom. The number of carboxylic acids is 1. The summed E-state index contributed by atoms with van der Waals surface area (Å²) in [5, 5.41) is 24.0. The normalized spacial score (nSPS) is 21.6. The summed E-state index contributed by atoms with van der Waals surface area (Å²) >= 11 is 2.15. The molecular formula is C14H19N7O9S4. The summed E-state index contributed by atoms with van der Waals surface area (Å²) in [5.41, 5.74) is -0.0549. The van der Waals surface area contributed by atoms with Crippen LogP contribution >= 0.6 is 23.5 Å². The van der Waals surface area contributed by atoms with Crippen molar-refractivity contribution >= 4 is 61.4 Å². The predicted octanol–water partition coefficient (Wildman–Crippen LogP) is -2.77. The van der Waals surface area contributed by atoms with Crippen molar-refractivity contribution in [2.24, 2.45) is 0 Å². The molecule has 188 valence electrons. The van der Waals surface area contributed by atoms with E-state index < -0.39 is 60.3 Å². The highest BCUT2D eigenvalue weighted by Crippen LogP contribution is 2.44. The number of sulfone groups is 1. The van der Waals surface area contributed by atoms with E-state index in [9.17, 15) is 36.3 Å². The minimum Gasteiger partial charge on any atom is -0.477 e. The molecule has 20 heteroatoms. The molecule has 0 radical (unpaired) electrons. The molecule has 1 aromatic rings. The maximum absolute atomic E-state index is 12.7. The first-order valence-corrected chi connectivity index (χ1v) is 14.7. The monoisotopic (exact) mass is 557 g/mol. The number of nitrogens with zero attached hydrogens (tertiary/aromatic N) is 4. The first kappa shape index (κ1) is 26.3. The van der Waals surface area contributed by atoms with Crippen molar-refractivity contribution in [1.29, 1.82) is 0 Å². The van der Waals surface area contributed by atoms with Gasteiger partial charge < -0.3 is 10.4 Å². The fourth-order valence-corrected chi connectivity index (χ4v) is 6.79. The van der Waals surface area contributed by atoms with Crippen LogP contribution in [0, 0.1) is 0 Å². The molecule has 0 saturated carbocycles. The van der Waals surface area contributed by atoms with Crippen LogP contribution in [0.2, 0.25) is 0 Å². The Labute approximate surface area is 201 Å². The van der Waals surface area contributed by atoms with Gasteiger partial charge in [-0.25, -0.2) is 18.3 Å². The van der Waals surface area contributed by atoms with E-state index >= 15 is 0 Å². The molecule has 2 aliphatic rings. The third-order valence-electron chi connectivity index (χ3n) is 4.57. The molecule has 1 fully saturated rings. The van der Waals surface area contributed by atoms with Crippen molar-refractivity contribution in [2.45, 2.75) is 28.2 Å². The molecule has 5 N–H and O–H groups in total. The summed E-state index contributed by atoms with van der Waals surface area (Å²) in [7, 11) is -8.11. The van der Waals surface area contributed by atoms with Crippen LogP contribution in [0.3, 0.4) is 0 Å². The van der Waals surface area contributed by atoms with Crippen molar-refractivity contribution in [3.8, 4) is 0 Å². The zero-order valence-electron chi connectivity index (χ0n) is 17.2. The van der Waals surface area contributed by atoms with E-state index in [0.29, 0.717) is 0 Å². The zero-order chi connectivity index (χ0) is 25.3. The van der Waals surface area contributed by atoms with Crippen LogP contribution in [-0.2, 0) is 34.5 Å². The van der Waals surface area contributed by atoms with Crippen molar-refractivity contribution < 1.29 is 40.9 Å². The molecular weight excluding hydrogens is 538 g/mol. The molecule has 34 heavy (non-hydrogen) atoms. The SMILES string of the molecule is CS(=O)(=O)CC(=O)NC1C(=O)N2C(C(=O)O)=C(C(CCNS(=O)(=O)O)Sc3nnn[nH]3)CS[C@@H]12. The molecule has 1 saturated heterocycles. The third-order valence-corrected chi connectivity index (χ3v) is 8.43. The van der Waals surface area contributed by atoms with Gasteiger partial charge in [-0.1, -0.05) is 11.8 Å². The average molecular weight is 558 g/mol. The highest BCUT2D eigenvalue weighted by Gasteiger charge is 2.54. The number of nitrogens with one attached hydrogen (secondary N) is 3. The summed E-state index contributed by atoms with van der Waals surface area (Å²) in [5.74, 6) is -3.74. The number of β-lactam (4-membered cyclic amide) rings is 1. The molecule has 0 bridgehead atoms. The van der Waals surface area contributed by atoms with Crippen molar-refractivity contribution in [3.05, 3.63) is 11.3 Å². The minimum absolute atomic E-state index is 0.0129. The fraction of sp³-hybridized carbons (Fsp3) is 0.571. The Kier molecular flexibility index (Phi) is 7.87.